The minimum Gasteiger partial charge on any atom is -0.440 e. The van der Waals surface area contributed by atoms with Crippen LogP contribution in [0.5, 0.6) is 0 Å². The van der Waals surface area contributed by atoms with Crippen molar-refractivity contribution in [2.24, 2.45) is 4.99 Å². The minimum atomic E-state index is -0.681. The van der Waals surface area contributed by atoms with Gasteiger partial charge >= 0.3 is 0 Å². The lowest BCUT2D eigenvalue weighted by atomic mass is 9.95. The van der Waals surface area contributed by atoms with Gasteiger partial charge in [0.15, 0.2) is 4.80 Å². The molecule has 0 saturated carbocycles. The summed E-state index contributed by atoms with van der Waals surface area (Å²) in [5.74, 6) is 0.850. The molecule has 5 rings (SSSR count). The Bertz CT molecular complexity index is 1700. The quantitative estimate of drug-likeness (QED) is 0.353. The lowest BCUT2D eigenvalue weighted by Crippen LogP contribution is -2.40. The molecule has 1 N–H and O–H groups in total. The average Bonchev–Trinajstić information content (AvgIpc) is 3.38. The molecule has 0 unspecified atom stereocenters. The zero-order valence-electron chi connectivity index (χ0n) is 20.2. The number of anilines is 2. The summed E-state index contributed by atoms with van der Waals surface area (Å²) in [4.78, 5) is 34.3. The van der Waals surface area contributed by atoms with Crippen LogP contribution in [-0.2, 0) is 4.79 Å². The molecule has 0 bridgehead atoms. The van der Waals surface area contributed by atoms with Gasteiger partial charge in [0.05, 0.1) is 26.3 Å². The number of aromatic nitrogens is 1. The van der Waals surface area contributed by atoms with Gasteiger partial charge in [-0.25, -0.2) is 4.99 Å². The smallest absolute Gasteiger partial charge is 0.271 e. The van der Waals surface area contributed by atoms with Crippen LogP contribution in [0.1, 0.15) is 24.3 Å². The van der Waals surface area contributed by atoms with E-state index in [1.54, 1.807) is 29.7 Å². The second-order valence-electron chi connectivity index (χ2n) is 8.65. The number of nitrogens with one attached hydrogen (secondary N) is 1. The molecule has 0 radical (unpaired) electrons. The second kappa shape index (κ2) is 10.2. The molecule has 0 spiro atoms. The highest BCUT2D eigenvalue weighted by molar-refractivity contribution is 9.10. The Morgan fingerprint density at radius 2 is 1.89 bits per heavy atom. The topological polar surface area (TPSA) is 79.8 Å². The Kier molecular flexibility index (Phi) is 6.94. The van der Waals surface area contributed by atoms with E-state index in [-0.39, 0.29) is 11.5 Å². The van der Waals surface area contributed by atoms with Gasteiger partial charge in [-0.2, -0.15) is 0 Å². The number of allylic oxidation sites excluding steroid dienone is 1. The van der Waals surface area contributed by atoms with Crippen molar-refractivity contribution >= 4 is 62.4 Å². The first kappa shape index (κ1) is 25.3. The number of carbonyl (C=O) groups is 1. The molecule has 37 heavy (non-hydrogen) atoms. The van der Waals surface area contributed by atoms with Crippen LogP contribution in [-0.4, -0.2) is 24.6 Å². The van der Waals surface area contributed by atoms with Crippen molar-refractivity contribution in [1.82, 2.24) is 4.57 Å². The van der Waals surface area contributed by atoms with Crippen LogP contribution in [0.4, 0.5) is 11.6 Å². The molecule has 2 aromatic carbocycles. The number of benzene rings is 2. The maximum absolute atomic E-state index is 13.8. The summed E-state index contributed by atoms with van der Waals surface area (Å²) in [7, 11) is 3.75. The van der Waals surface area contributed by atoms with Crippen molar-refractivity contribution in [1.29, 1.82) is 0 Å². The molecule has 1 amide bonds. The first-order valence-corrected chi connectivity index (χ1v) is 13.3. The van der Waals surface area contributed by atoms with Crippen LogP contribution in [0.2, 0.25) is 5.02 Å². The average molecular weight is 598 g/mol. The Morgan fingerprint density at radius 3 is 2.54 bits per heavy atom. The Labute approximate surface area is 230 Å². The van der Waals surface area contributed by atoms with Gasteiger partial charge in [0.25, 0.3) is 11.5 Å². The fourth-order valence-electron chi connectivity index (χ4n) is 4.17. The van der Waals surface area contributed by atoms with E-state index in [9.17, 15) is 9.59 Å². The summed E-state index contributed by atoms with van der Waals surface area (Å²) in [6, 6.07) is 17.5. The SMILES string of the molecule is CC1=C(C(=O)Nc2ccccc2)[C@H](c2ccc(Cl)cc2)n2c(s/c(=C/c3cc(Br)c(N(C)C)o3)c2=O)=N1. The maximum atomic E-state index is 13.8. The van der Waals surface area contributed by atoms with Gasteiger partial charge in [-0.3, -0.25) is 14.2 Å². The number of hydrogen-bond donors (Lipinski definition) is 1. The van der Waals surface area contributed by atoms with Gasteiger partial charge in [-0.05, 0) is 52.7 Å². The third-order valence-corrected chi connectivity index (χ3v) is 7.65. The van der Waals surface area contributed by atoms with E-state index < -0.39 is 6.04 Å². The molecular weight excluding hydrogens is 576 g/mol. The van der Waals surface area contributed by atoms with Crippen LogP contribution in [0.25, 0.3) is 6.08 Å². The number of para-hydroxylation sites is 1. The third-order valence-electron chi connectivity index (χ3n) is 5.85. The number of halogens is 2. The zero-order valence-corrected chi connectivity index (χ0v) is 23.3. The van der Waals surface area contributed by atoms with Gasteiger partial charge in [0, 0.05) is 36.9 Å². The number of rotatable bonds is 5. The van der Waals surface area contributed by atoms with Crippen LogP contribution in [0.15, 0.2) is 90.6 Å². The highest BCUT2D eigenvalue weighted by Gasteiger charge is 2.32. The number of hydrogen-bond acceptors (Lipinski definition) is 6. The van der Waals surface area contributed by atoms with E-state index in [1.165, 1.54) is 11.3 Å². The number of thiazole rings is 1. The van der Waals surface area contributed by atoms with Crippen molar-refractivity contribution in [3.05, 3.63) is 112 Å². The monoisotopic (exact) mass is 596 g/mol. The summed E-state index contributed by atoms with van der Waals surface area (Å²) < 4.78 is 8.70. The van der Waals surface area contributed by atoms with Crippen molar-refractivity contribution in [2.75, 3.05) is 24.3 Å². The van der Waals surface area contributed by atoms with E-state index in [1.807, 2.05) is 67.5 Å². The Morgan fingerprint density at radius 1 is 1.19 bits per heavy atom. The standard InChI is InChI=1S/C27H22BrClN4O3S/c1-15-22(24(34)31-18-7-5-4-6-8-18)23(16-9-11-17(29)12-10-16)33-25(35)21(37-27(33)30-15)14-19-13-20(28)26(36-19)32(2)3/h4-14,23H,1-3H3,(H,31,34)/b21-14+/t23-/m0/s1. The normalized spacial score (nSPS) is 15.4. The van der Waals surface area contributed by atoms with Crippen LogP contribution in [0, 0.1) is 0 Å². The molecule has 0 aliphatic carbocycles. The van der Waals surface area contributed by atoms with E-state index in [4.69, 9.17) is 16.0 Å². The third kappa shape index (κ3) is 4.94. The predicted octanol–water partition coefficient (Wildman–Crippen LogP) is 4.95. The summed E-state index contributed by atoms with van der Waals surface area (Å²) >= 11 is 10.9. The van der Waals surface area contributed by atoms with E-state index in [2.05, 4.69) is 26.2 Å². The van der Waals surface area contributed by atoms with Crippen LogP contribution >= 0.6 is 38.9 Å². The Hall–Kier alpha value is -3.40. The van der Waals surface area contributed by atoms with Gasteiger partial charge in [-0.1, -0.05) is 53.3 Å². The summed E-state index contributed by atoms with van der Waals surface area (Å²) in [6.45, 7) is 1.78. The van der Waals surface area contributed by atoms with Crippen molar-refractivity contribution in [3.8, 4) is 0 Å². The fraction of sp³-hybridized carbons (Fsp3) is 0.148. The van der Waals surface area contributed by atoms with Crippen molar-refractivity contribution in [3.63, 3.8) is 0 Å². The lowest BCUT2D eigenvalue weighted by molar-refractivity contribution is -0.113. The van der Waals surface area contributed by atoms with Crippen LogP contribution < -0.4 is 25.1 Å². The van der Waals surface area contributed by atoms with Crippen LogP contribution in [0.3, 0.4) is 0 Å². The fourth-order valence-corrected chi connectivity index (χ4v) is 5.99. The maximum Gasteiger partial charge on any atom is 0.271 e. The van der Waals surface area contributed by atoms with Gasteiger partial charge in [0.2, 0.25) is 5.88 Å². The van der Waals surface area contributed by atoms with E-state index in [0.717, 1.165) is 10.0 Å². The van der Waals surface area contributed by atoms with Gasteiger partial charge in [-0.15, -0.1) is 0 Å². The van der Waals surface area contributed by atoms with E-state index >= 15 is 0 Å². The molecule has 3 heterocycles. The molecule has 4 aromatic rings. The first-order chi connectivity index (χ1) is 17.7. The molecule has 0 saturated heterocycles. The highest BCUT2D eigenvalue weighted by atomic mass is 79.9. The molecule has 7 nitrogen and oxygen atoms in total. The molecule has 1 aliphatic heterocycles. The molecule has 188 valence electrons. The summed E-state index contributed by atoms with van der Waals surface area (Å²) in [5.41, 5.74) is 2.07. The number of furan rings is 1. The second-order valence-corrected chi connectivity index (χ2v) is 10.9. The molecule has 0 fully saturated rings. The van der Waals surface area contributed by atoms with Gasteiger partial charge < -0.3 is 14.6 Å². The molecule has 10 heteroatoms. The number of carbonyl (C=O) groups excluding carboxylic acids is 1. The summed E-state index contributed by atoms with van der Waals surface area (Å²) in [5, 5.41) is 3.50. The lowest BCUT2D eigenvalue weighted by Gasteiger charge is -2.25. The number of fused-ring (bicyclic) bond motifs is 1. The molecular formula is C27H22BrClN4O3S. The van der Waals surface area contributed by atoms with Gasteiger partial charge in [0.1, 0.15) is 5.76 Å². The first-order valence-electron chi connectivity index (χ1n) is 11.3. The predicted molar refractivity (Wildman–Crippen MR) is 151 cm³/mol. The highest BCUT2D eigenvalue weighted by Crippen LogP contribution is 2.32. The van der Waals surface area contributed by atoms with Crippen molar-refractivity contribution < 1.29 is 9.21 Å². The van der Waals surface area contributed by atoms with E-state index in [0.29, 0.717) is 43.0 Å². The zero-order chi connectivity index (χ0) is 26.3. The molecule has 2 aromatic heterocycles. The Balaban J connectivity index is 1.66. The minimum absolute atomic E-state index is 0.264. The molecule has 1 aliphatic rings. The van der Waals surface area contributed by atoms with Crippen molar-refractivity contribution in [2.45, 2.75) is 13.0 Å². The number of nitrogens with zero attached hydrogens (tertiary/aromatic N) is 3. The summed E-state index contributed by atoms with van der Waals surface area (Å²) in [6.07, 6.45) is 1.70. The molecule has 1 atom stereocenters. The largest absolute Gasteiger partial charge is 0.440 e. The number of amides is 1.